The van der Waals surface area contributed by atoms with E-state index in [0.29, 0.717) is 12.3 Å². The molecule has 0 aromatic rings. The van der Waals surface area contributed by atoms with E-state index in [0.717, 1.165) is 6.54 Å². The molecular formula is C11H23NO2. The first-order valence-electron chi connectivity index (χ1n) is 5.25. The third-order valence-corrected chi connectivity index (χ3v) is 2.86. The van der Waals surface area contributed by atoms with Gasteiger partial charge in [0.2, 0.25) is 0 Å². The molecule has 0 aliphatic rings. The summed E-state index contributed by atoms with van der Waals surface area (Å²) in [6, 6.07) is -0.403. The van der Waals surface area contributed by atoms with E-state index >= 15 is 0 Å². The summed E-state index contributed by atoms with van der Waals surface area (Å²) < 4.78 is 0. The van der Waals surface area contributed by atoms with Crippen molar-refractivity contribution in [2.45, 2.75) is 47.1 Å². The average molecular weight is 201 g/mol. The second-order valence-corrected chi connectivity index (χ2v) is 4.97. The molecule has 0 aliphatic heterocycles. The molecule has 0 spiro atoms. The molecule has 0 rings (SSSR count). The maximum absolute atomic E-state index is 10.7. The molecule has 84 valence electrons. The van der Waals surface area contributed by atoms with Gasteiger partial charge in [0.05, 0.1) is 0 Å². The lowest BCUT2D eigenvalue weighted by molar-refractivity contribution is -0.139. The number of hydrogen-bond donors (Lipinski definition) is 2. The zero-order valence-electron chi connectivity index (χ0n) is 9.92. The van der Waals surface area contributed by atoms with Crippen LogP contribution in [-0.2, 0) is 4.79 Å². The van der Waals surface area contributed by atoms with Gasteiger partial charge in [-0.2, -0.15) is 0 Å². The van der Waals surface area contributed by atoms with Crippen molar-refractivity contribution in [3.05, 3.63) is 0 Å². The Labute approximate surface area is 86.9 Å². The molecule has 0 aromatic carbocycles. The van der Waals surface area contributed by atoms with Gasteiger partial charge in [-0.1, -0.05) is 34.6 Å². The largest absolute Gasteiger partial charge is 0.480 e. The third kappa shape index (κ3) is 4.61. The van der Waals surface area contributed by atoms with Gasteiger partial charge in [-0.3, -0.25) is 4.79 Å². The first-order chi connectivity index (χ1) is 6.29. The predicted molar refractivity (Wildman–Crippen MR) is 58.3 cm³/mol. The van der Waals surface area contributed by atoms with Gasteiger partial charge in [0.15, 0.2) is 0 Å². The van der Waals surface area contributed by atoms with Crippen LogP contribution in [0.3, 0.4) is 0 Å². The summed E-state index contributed by atoms with van der Waals surface area (Å²) in [5.74, 6) is -0.287. The van der Waals surface area contributed by atoms with E-state index in [2.05, 4.69) is 33.0 Å². The Morgan fingerprint density at radius 1 is 1.43 bits per heavy atom. The van der Waals surface area contributed by atoms with E-state index in [1.165, 1.54) is 0 Å². The van der Waals surface area contributed by atoms with E-state index in [1.54, 1.807) is 0 Å². The number of carbonyl (C=O) groups is 1. The van der Waals surface area contributed by atoms with Crippen molar-refractivity contribution < 1.29 is 9.90 Å². The molecule has 0 saturated carbocycles. The van der Waals surface area contributed by atoms with Gasteiger partial charge in [-0.25, -0.2) is 0 Å². The molecule has 2 atom stereocenters. The number of hydrogen-bond acceptors (Lipinski definition) is 2. The average Bonchev–Trinajstić information content (AvgIpc) is 2.02. The molecule has 0 saturated heterocycles. The topological polar surface area (TPSA) is 49.3 Å². The second kappa shape index (κ2) is 5.35. The van der Waals surface area contributed by atoms with E-state index in [4.69, 9.17) is 5.11 Å². The molecule has 0 radical (unpaired) electrons. The minimum atomic E-state index is -0.756. The van der Waals surface area contributed by atoms with E-state index < -0.39 is 12.0 Å². The number of carboxylic acids is 1. The number of carboxylic acid groups (broad SMARTS) is 1. The zero-order chi connectivity index (χ0) is 11.4. The molecule has 0 aliphatic carbocycles. The van der Waals surface area contributed by atoms with Crippen LogP contribution >= 0.6 is 0 Å². The Hall–Kier alpha value is -0.570. The van der Waals surface area contributed by atoms with Crippen LogP contribution in [0.1, 0.15) is 41.0 Å². The summed E-state index contributed by atoms with van der Waals surface area (Å²) in [4.78, 5) is 10.7. The summed E-state index contributed by atoms with van der Waals surface area (Å²) in [5, 5.41) is 11.9. The van der Waals surface area contributed by atoms with E-state index in [-0.39, 0.29) is 5.41 Å². The maximum atomic E-state index is 10.7. The van der Waals surface area contributed by atoms with Crippen LogP contribution in [0.5, 0.6) is 0 Å². The first kappa shape index (κ1) is 13.4. The van der Waals surface area contributed by atoms with Crippen molar-refractivity contribution in [2.75, 3.05) is 6.54 Å². The fourth-order valence-electron chi connectivity index (χ4n) is 1.03. The summed E-state index contributed by atoms with van der Waals surface area (Å²) >= 11 is 0. The van der Waals surface area contributed by atoms with Gasteiger partial charge >= 0.3 is 5.97 Å². The lowest BCUT2D eigenvalue weighted by Gasteiger charge is -2.28. The Bertz CT molecular complexity index is 184. The van der Waals surface area contributed by atoms with Crippen LogP contribution in [0.2, 0.25) is 0 Å². The third-order valence-electron chi connectivity index (χ3n) is 2.86. The highest BCUT2D eigenvalue weighted by Gasteiger charge is 2.22. The summed E-state index contributed by atoms with van der Waals surface area (Å²) in [6.07, 6.45) is 0.631. The van der Waals surface area contributed by atoms with Gasteiger partial charge in [0.25, 0.3) is 0 Å². The smallest absolute Gasteiger partial charge is 0.320 e. The highest BCUT2D eigenvalue weighted by Crippen LogP contribution is 2.24. The molecule has 0 amide bonds. The van der Waals surface area contributed by atoms with Crippen LogP contribution in [0.15, 0.2) is 0 Å². The van der Waals surface area contributed by atoms with Crippen LogP contribution in [0.4, 0.5) is 0 Å². The lowest BCUT2D eigenvalue weighted by atomic mass is 9.82. The molecule has 2 N–H and O–H groups in total. The quantitative estimate of drug-likeness (QED) is 0.716. The van der Waals surface area contributed by atoms with E-state index in [1.807, 2.05) is 6.92 Å². The Morgan fingerprint density at radius 2 is 1.93 bits per heavy atom. The van der Waals surface area contributed by atoms with Crippen molar-refractivity contribution in [3.63, 3.8) is 0 Å². The molecule has 0 aromatic heterocycles. The molecule has 14 heavy (non-hydrogen) atoms. The minimum absolute atomic E-state index is 0.226. The zero-order valence-corrected chi connectivity index (χ0v) is 9.92. The normalized spacial score (nSPS) is 16.4. The molecule has 0 heterocycles. The van der Waals surface area contributed by atoms with Crippen molar-refractivity contribution >= 4 is 5.97 Å². The van der Waals surface area contributed by atoms with Gasteiger partial charge < -0.3 is 10.4 Å². The molecule has 0 bridgehead atoms. The fraction of sp³-hybridized carbons (Fsp3) is 0.909. The molecule has 0 fully saturated rings. The van der Waals surface area contributed by atoms with Gasteiger partial charge in [0, 0.05) is 0 Å². The van der Waals surface area contributed by atoms with Gasteiger partial charge in [0.1, 0.15) is 6.04 Å². The molecule has 3 nitrogen and oxygen atoms in total. The van der Waals surface area contributed by atoms with Crippen LogP contribution in [-0.4, -0.2) is 23.7 Å². The van der Waals surface area contributed by atoms with Crippen molar-refractivity contribution in [2.24, 2.45) is 11.3 Å². The Kier molecular flexibility index (Phi) is 5.13. The lowest BCUT2D eigenvalue weighted by Crippen LogP contribution is -2.40. The van der Waals surface area contributed by atoms with Gasteiger partial charge in [-0.15, -0.1) is 0 Å². The highest BCUT2D eigenvalue weighted by molar-refractivity contribution is 5.73. The molecule has 2 unspecified atom stereocenters. The van der Waals surface area contributed by atoms with Crippen LogP contribution in [0.25, 0.3) is 0 Å². The van der Waals surface area contributed by atoms with E-state index in [9.17, 15) is 4.79 Å². The maximum Gasteiger partial charge on any atom is 0.320 e. The van der Waals surface area contributed by atoms with Crippen LogP contribution in [0, 0.1) is 11.3 Å². The number of nitrogens with one attached hydrogen (secondary N) is 1. The summed E-state index contributed by atoms with van der Waals surface area (Å²) in [7, 11) is 0. The van der Waals surface area contributed by atoms with Crippen molar-refractivity contribution in [1.82, 2.24) is 5.32 Å². The van der Waals surface area contributed by atoms with Crippen molar-refractivity contribution in [3.8, 4) is 0 Å². The Morgan fingerprint density at radius 3 is 2.21 bits per heavy atom. The monoisotopic (exact) mass is 201 g/mol. The fourth-order valence-corrected chi connectivity index (χ4v) is 1.03. The summed E-state index contributed by atoms with van der Waals surface area (Å²) in [6.45, 7) is 11.3. The Balaban J connectivity index is 3.98. The summed E-state index contributed by atoms with van der Waals surface area (Å²) in [5.41, 5.74) is 0.226. The highest BCUT2D eigenvalue weighted by atomic mass is 16.4. The number of aliphatic carboxylic acids is 1. The van der Waals surface area contributed by atoms with Crippen LogP contribution < -0.4 is 5.32 Å². The number of rotatable bonds is 5. The van der Waals surface area contributed by atoms with Gasteiger partial charge in [-0.05, 0) is 24.3 Å². The minimum Gasteiger partial charge on any atom is -0.480 e. The molecular weight excluding hydrogens is 178 g/mol. The van der Waals surface area contributed by atoms with Crippen molar-refractivity contribution in [1.29, 1.82) is 0 Å². The SMILES string of the molecule is CCC(NCC(C)C(C)(C)C)C(=O)O. The molecule has 3 heteroatoms. The first-order valence-corrected chi connectivity index (χ1v) is 5.25. The standard InChI is InChI=1S/C11H23NO2/c1-6-9(10(13)14)12-7-8(2)11(3,4)5/h8-9,12H,6-7H2,1-5H3,(H,13,14). The predicted octanol–water partition coefficient (Wildman–Crippen LogP) is 2.12. The second-order valence-electron chi connectivity index (χ2n) is 4.97.